The fraction of sp³-hybridized carbons (Fsp3) is 0.400. The van der Waals surface area contributed by atoms with E-state index in [-0.39, 0.29) is 17.6 Å². The second-order valence-electron chi connectivity index (χ2n) is 8.48. The van der Waals surface area contributed by atoms with Gasteiger partial charge in [-0.25, -0.2) is 4.98 Å². The first-order chi connectivity index (χ1) is 15.1. The molecule has 1 fully saturated rings. The van der Waals surface area contributed by atoms with Crippen LogP contribution in [0.2, 0.25) is 0 Å². The van der Waals surface area contributed by atoms with Crippen LogP contribution < -0.4 is 10.6 Å². The summed E-state index contributed by atoms with van der Waals surface area (Å²) in [5.74, 6) is 1.13. The molecule has 31 heavy (non-hydrogen) atoms. The lowest BCUT2D eigenvalue weighted by atomic mass is 9.90. The van der Waals surface area contributed by atoms with Gasteiger partial charge in [0.2, 0.25) is 5.91 Å². The zero-order valence-corrected chi connectivity index (χ0v) is 18.0. The van der Waals surface area contributed by atoms with E-state index in [1.165, 1.54) is 19.3 Å². The first-order valence-corrected chi connectivity index (χ1v) is 11.2. The average molecular weight is 419 g/mol. The number of benzene rings is 2. The third-order valence-corrected chi connectivity index (χ3v) is 5.93. The van der Waals surface area contributed by atoms with E-state index < -0.39 is 0 Å². The zero-order valence-electron chi connectivity index (χ0n) is 18.0. The van der Waals surface area contributed by atoms with Gasteiger partial charge in [-0.2, -0.15) is 0 Å². The van der Waals surface area contributed by atoms with Crippen molar-refractivity contribution in [2.24, 2.45) is 5.92 Å². The van der Waals surface area contributed by atoms with Crippen molar-refractivity contribution in [3.05, 3.63) is 42.5 Å². The highest BCUT2D eigenvalue weighted by atomic mass is 16.2. The number of hydrogen-bond acceptors (Lipinski definition) is 4. The molecule has 0 aliphatic heterocycles. The van der Waals surface area contributed by atoms with Crippen LogP contribution in [0.1, 0.15) is 51.9 Å². The lowest BCUT2D eigenvalue weighted by Gasteiger charge is -2.19. The molecule has 0 spiro atoms. The van der Waals surface area contributed by atoms with Crippen LogP contribution in [-0.4, -0.2) is 28.2 Å². The largest absolute Gasteiger partial charge is 0.378 e. The van der Waals surface area contributed by atoms with Gasteiger partial charge in [0.05, 0.1) is 17.6 Å². The van der Waals surface area contributed by atoms with E-state index in [9.17, 15) is 9.59 Å². The van der Waals surface area contributed by atoms with Crippen molar-refractivity contribution in [2.45, 2.75) is 51.9 Å². The monoisotopic (exact) mass is 418 g/mol. The molecule has 1 aromatic heterocycles. The highest BCUT2D eigenvalue weighted by Crippen LogP contribution is 2.26. The number of fused-ring (bicyclic) bond motifs is 1. The Hall–Kier alpha value is -3.15. The Morgan fingerprint density at radius 1 is 0.968 bits per heavy atom. The maximum Gasteiger partial charge on any atom is 0.227 e. The topological polar surface area (TPSA) is 86.9 Å². The molecule has 3 aromatic rings. The number of ketones is 1. The second-order valence-corrected chi connectivity index (χ2v) is 8.48. The summed E-state index contributed by atoms with van der Waals surface area (Å²) in [4.78, 5) is 31.9. The fourth-order valence-electron chi connectivity index (χ4n) is 4.16. The summed E-state index contributed by atoms with van der Waals surface area (Å²) in [7, 11) is 0. The maximum atomic E-state index is 12.7. The second kappa shape index (κ2) is 9.77. The highest BCUT2D eigenvalue weighted by Gasteiger charge is 2.19. The summed E-state index contributed by atoms with van der Waals surface area (Å²) in [6.07, 6.45) is 8.06. The summed E-state index contributed by atoms with van der Waals surface area (Å²) >= 11 is 0. The van der Waals surface area contributed by atoms with Crippen molar-refractivity contribution in [3.8, 4) is 11.4 Å². The number of aromatic amines is 1. The Balaban J connectivity index is 1.43. The van der Waals surface area contributed by atoms with Crippen molar-refractivity contribution in [2.75, 3.05) is 17.2 Å². The Morgan fingerprint density at radius 3 is 2.35 bits per heavy atom. The number of aromatic nitrogens is 2. The molecule has 0 unspecified atom stereocenters. The van der Waals surface area contributed by atoms with Gasteiger partial charge in [0.25, 0.3) is 0 Å². The van der Waals surface area contributed by atoms with Gasteiger partial charge in [-0.15, -0.1) is 0 Å². The molecule has 2 aromatic carbocycles. The van der Waals surface area contributed by atoms with Gasteiger partial charge >= 0.3 is 0 Å². The van der Waals surface area contributed by atoms with Gasteiger partial charge in [-0.1, -0.05) is 32.1 Å². The SMILES string of the molecule is CC(=O)CNc1ccc2nc(-c3ccc(NC(=O)C4CCCCCCC4)cc3)[nH]c2c1. The van der Waals surface area contributed by atoms with Crippen LogP contribution in [0.3, 0.4) is 0 Å². The predicted octanol–water partition coefficient (Wildman–Crippen LogP) is 5.53. The number of nitrogens with zero attached hydrogens (tertiary/aromatic N) is 1. The van der Waals surface area contributed by atoms with Gasteiger partial charge in [0.1, 0.15) is 11.6 Å². The third-order valence-electron chi connectivity index (χ3n) is 5.93. The van der Waals surface area contributed by atoms with Crippen molar-refractivity contribution in [1.82, 2.24) is 9.97 Å². The van der Waals surface area contributed by atoms with E-state index in [1.54, 1.807) is 6.92 Å². The van der Waals surface area contributed by atoms with E-state index in [0.717, 1.165) is 59.5 Å². The number of imidazole rings is 1. The van der Waals surface area contributed by atoms with Gasteiger partial charge in [-0.3, -0.25) is 9.59 Å². The Bertz CT molecular complexity index is 1050. The van der Waals surface area contributed by atoms with E-state index in [4.69, 9.17) is 0 Å². The minimum absolute atomic E-state index is 0.0899. The van der Waals surface area contributed by atoms with Crippen LogP contribution in [0, 0.1) is 5.92 Å². The normalized spacial score (nSPS) is 15.3. The number of carbonyl (C=O) groups excluding carboxylic acids is 2. The van der Waals surface area contributed by atoms with E-state index in [0.29, 0.717) is 6.54 Å². The van der Waals surface area contributed by atoms with E-state index in [1.807, 2.05) is 42.5 Å². The van der Waals surface area contributed by atoms with Gasteiger partial charge < -0.3 is 15.6 Å². The standard InChI is InChI=1S/C25H30N4O2/c1-17(30)16-26-21-13-14-22-23(15-21)29-24(28-22)18-9-11-20(12-10-18)27-25(31)19-7-5-3-2-4-6-8-19/h9-15,19,26H,2-8,16H2,1H3,(H,27,31)(H,28,29). The average Bonchev–Trinajstić information content (AvgIpc) is 3.16. The van der Waals surface area contributed by atoms with Crippen molar-refractivity contribution < 1.29 is 9.59 Å². The quantitative estimate of drug-likeness (QED) is 0.491. The molecule has 0 saturated heterocycles. The molecule has 6 nitrogen and oxygen atoms in total. The Kier molecular flexibility index (Phi) is 6.65. The maximum absolute atomic E-state index is 12.7. The van der Waals surface area contributed by atoms with Crippen LogP contribution >= 0.6 is 0 Å². The first kappa shape index (κ1) is 21.1. The lowest BCUT2D eigenvalue weighted by molar-refractivity contribution is -0.120. The number of Topliss-reactive ketones (excluding diaryl/α,β-unsaturated/α-hetero) is 1. The number of carbonyl (C=O) groups is 2. The summed E-state index contributed by atoms with van der Waals surface area (Å²) in [6.45, 7) is 1.87. The van der Waals surface area contributed by atoms with Gasteiger partial charge in [-0.05, 0) is 62.2 Å². The molecule has 0 bridgehead atoms. The smallest absolute Gasteiger partial charge is 0.227 e. The van der Waals surface area contributed by atoms with Crippen molar-refractivity contribution >= 4 is 34.1 Å². The number of nitrogens with one attached hydrogen (secondary N) is 3. The van der Waals surface area contributed by atoms with Crippen LogP contribution in [0.25, 0.3) is 22.4 Å². The van der Waals surface area contributed by atoms with Crippen LogP contribution in [0.15, 0.2) is 42.5 Å². The summed E-state index contributed by atoms with van der Waals surface area (Å²) in [5.41, 5.74) is 4.43. The zero-order chi connectivity index (χ0) is 21.6. The summed E-state index contributed by atoms with van der Waals surface area (Å²) in [5, 5.41) is 6.20. The number of H-pyrrole nitrogens is 1. The number of hydrogen-bond donors (Lipinski definition) is 3. The van der Waals surface area contributed by atoms with Crippen LogP contribution in [0.5, 0.6) is 0 Å². The van der Waals surface area contributed by atoms with E-state index >= 15 is 0 Å². The third kappa shape index (κ3) is 5.51. The minimum Gasteiger partial charge on any atom is -0.378 e. The highest BCUT2D eigenvalue weighted by molar-refractivity contribution is 5.93. The number of anilines is 2. The molecule has 1 amide bonds. The number of amides is 1. The van der Waals surface area contributed by atoms with Gasteiger partial charge in [0, 0.05) is 22.9 Å². The van der Waals surface area contributed by atoms with Crippen molar-refractivity contribution in [3.63, 3.8) is 0 Å². The van der Waals surface area contributed by atoms with Crippen LogP contribution in [-0.2, 0) is 9.59 Å². The molecule has 1 aliphatic carbocycles. The summed E-state index contributed by atoms with van der Waals surface area (Å²) in [6, 6.07) is 13.6. The molecule has 162 valence electrons. The molecule has 0 radical (unpaired) electrons. The summed E-state index contributed by atoms with van der Waals surface area (Å²) < 4.78 is 0. The molecule has 3 N–H and O–H groups in total. The fourth-order valence-corrected chi connectivity index (χ4v) is 4.16. The predicted molar refractivity (Wildman–Crippen MR) is 125 cm³/mol. The molecule has 4 rings (SSSR count). The molecule has 1 heterocycles. The first-order valence-electron chi connectivity index (χ1n) is 11.2. The Morgan fingerprint density at radius 2 is 1.65 bits per heavy atom. The molecule has 0 atom stereocenters. The number of rotatable bonds is 6. The lowest BCUT2D eigenvalue weighted by Crippen LogP contribution is -2.23. The molecule has 6 heteroatoms. The van der Waals surface area contributed by atoms with E-state index in [2.05, 4.69) is 20.6 Å². The van der Waals surface area contributed by atoms with Crippen molar-refractivity contribution in [1.29, 1.82) is 0 Å². The van der Waals surface area contributed by atoms with Crippen LogP contribution in [0.4, 0.5) is 11.4 Å². The minimum atomic E-state index is 0.0899. The Labute approximate surface area is 182 Å². The molecule has 1 aliphatic rings. The molecule has 1 saturated carbocycles. The molecular formula is C25H30N4O2. The molecular weight excluding hydrogens is 388 g/mol. The van der Waals surface area contributed by atoms with Gasteiger partial charge in [0.15, 0.2) is 0 Å².